The lowest BCUT2D eigenvalue weighted by Crippen LogP contribution is -2.51. The van der Waals surface area contributed by atoms with Crippen LogP contribution in [0.5, 0.6) is 0 Å². The number of nitrogens with one attached hydrogen (secondary N) is 1. The molecule has 1 saturated carbocycles. The molecule has 2 N–H and O–H groups in total. The molecule has 0 aromatic carbocycles. The highest BCUT2D eigenvalue weighted by atomic mass is 16.4. The van der Waals surface area contributed by atoms with Crippen molar-refractivity contribution >= 4 is 17.8 Å². The smallest absolute Gasteiger partial charge is 0.326 e. The molecule has 1 aromatic heterocycles. The molecule has 0 spiro atoms. The Labute approximate surface area is 133 Å². The fourth-order valence-electron chi connectivity index (χ4n) is 3.83. The maximum Gasteiger partial charge on any atom is 0.326 e. The summed E-state index contributed by atoms with van der Waals surface area (Å²) in [6.45, 7) is 2.04. The van der Waals surface area contributed by atoms with Gasteiger partial charge in [0.2, 0.25) is 5.91 Å². The Morgan fingerprint density at radius 2 is 2.17 bits per heavy atom. The summed E-state index contributed by atoms with van der Waals surface area (Å²) in [4.78, 5) is 37.6. The molecule has 1 saturated heterocycles. The fourth-order valence-corrected chi connectivity index (χ4v) is 3.83. The largest absolute Gasteiger partial charge is 0.480 e. The summed E-state index contributed by atoms with van der Waals surface area (Å²) in [7, 11) is 0. The van der Waals surface area contributed by atoms with Crippen LogP contribution in [0.15, 0.2) is 23.0 Å². The van der Waals surface area contributed by atoms with Gasteiger partial charge in [0.25, 0.3) is 5.91 Å². The van der Waals surface area contributed by atoms with Crippen molar-refractivity contribution in [2.45, 2.75) is 38.3 Å². The predicted molar refractivity (Wildman–Crippen MR) is 79.6 cm³/mol. The van der Waals surface area contributed by atoms with Crippen LogP contribution in [0.25, 0.3) is 0 Å². The zero-order valence-electron chi connectivity index (χ0n) is 12.9. The highest BCUT2D eigenvalue weighted by molar-refractivity contribution is 5.97. The summed E-state index contributed by atoms with van der Waals surface area (Å²) >= 11 is 0. The van der Waals surface area contributed by atoms with Gasteiger partial charge in [-0.25, -0.2) is 4.79 Å². The Morgan fingerprint density at radius 1 is 1.39 bits per heavy atom. The number of furan rings is 1. The first-order chi connectivity index (χ1) is 11.0. The predicted octanol–water partition coefficient (Wildman–Crippen LogP) is 1.11. The number of nitrogens with zero attached hydrogens (tertiary/aromatic N) is 1. The van der Waals surface area contributed by atoms with E-state index in [2.05, 4.69) is 5.32 Å². The SMILES string of the molecule is CC(NC(=O)c1ccoc1)C(=O)N1CC2CCCC2C1C(=O)O. The van der Waals surface area contributed by atoms with Gasteiger partial charge in [-0.1, -0.05) is 6.42 Å². The first kappa shape index (κ1) is 15.6. The average Bonchev–Trinajstić information content (AvgIpc) is 3.21. The van der Waals surface area contributed by atoms with E-state index in [4.69, 9.17) is 4.42 Å². The molecular weight excluding hydrogens is 300 g/mol. The molecule has 3 rings (SSSR count). The molecule has 1 aromatic rings. The number of amides is 2. The van der Waals surface area contributed by atoms with E-state index < -0.39 is 24.0 Å². The zero-order valence-corrected chi connectivity index (χ0v) is 12.9. The lowest BCUT2D eigenvalue weighted by atomic mass is 9.94. The molecule has 124 valence electrons. The van der Waals surface area contributed by atoms with Crippen LogP contribution in [0.3, 0.4) is 0 Å². The third-order valence-electron chi connectivity index (χ3n) is 4.93. The van der Waals surface area contributed by atoms with E-state index >= 15 is 0 Å². The van der Waals surface area contributed by atoms with Gasteiger partial charge >= 0.3 is 5.97 Å². The van der Waals surface area contributed by atoms with E-state index in [1.165, 1.54) is 23.5 Å². The van der Waals surface area contributed by atoms with Gasteiger partial charge in [0.1, 0.15) is 18.3 Å². The van der Waals surface area contributed by atoms with Gasteiger partial charge in [-0.05, 0) is 37.7 Å². The second kappa shape index (κ2) is 6.06. The molecule has 0 bridgehead atoms. The number of likely N-dealkylation sites (tertiary alicyclic amines) is 1. The molecule has 0 radical (unpaired) electrons. The molecule has 23 heavy (non-hydrogen) atoms. The minimum Gasteiger partial charge on any atom is -0.480 e. The number of rotatable bonds is 4. The van der Waals surface area contributed by atoms with Crippen LogP contribution in [0, 0.1) is 11.8 Å². The molecule has 7 nitrogen and oxygen atoms in total. The van der Waals surface area contributed by atoms with Crippen molar-refractivity contribution in [3.05, 3.63) is 24.2 Å². The van der Waals surface area contributed by atoms with Crippen molar-refractivity contribution in [3.8, 4) is 0 Å². The van der Waals surface area contributed by atoms with Gasteiger partial charge in [-0.2, -0.15) is 0 Å². The minimum atomic E-state index is -0.957. The fraction of sp³-hybridized carbons (Fsp3) is 0.562. The number of carboxylic acids is 1. The Kier molecular flexibility index (Phi) is 4.11. The normalized spacial score (nSPS) is 27.5. The van der Waals surface area contributed by atoms with Crippen molar-refractivity contribution in [1.29, 1.82) is 0 Å². The summed E-state index contributed by atoms with van der Waals surface area (Å²) in [5, 5.41) is 12.1. The number of hydrogen-bond acceptors (Lipinski definition) is 4. The molecular formula is C16H20N2O5. The first-order valence-corrected chi connectivity index (χ1v) is 7.85. The van der Waals surface area contributed by atoms with E-state index in [1.54, 1.807) is 6.92 Å². The van der Waals surface area contributed by atoms with Gasteiger partial charge in [0.05, 0.1) is 11.8 Å². The maximum absolute atomic E-state index is 12.6. The molecule has 4 atom stereocenters. The second-order valence-electron chi connectivity index (χ2n) is 6.34. The molecule has 2 aliphatic rings. The molecule has 2 fully saturated rings. The van der Waals surface area contributed by atoms with Gasteiger partial charge < -0.3 is 19.7 Å². The van der Waals surface area contributed by atoms with Crippen LogP contribution in [-0.2, 0) is 9.59 Å². The van der Waals surface area contributed by atoms with Crippen LogP contribution >= 0.6 is 0 Å². The molecule has 2 heterocycles. The van der Waals surface area contributed by atoms with E-state index in [9.17, 15) is 19.5 Å². The monoisotopic (exact) mass is 320 g/mol. The standard InChI is InChI=1S/C16H20N2O5/c1-9(17-14(19)11-5-6-23-8-11)15(20)18-7-10-3-2-4-12(10)13(18)16(21)22/h5-6,8-10,12-13H,2-4,7H2,1H3,(H,17,19)(H,21,22). The van der Waals surface area contributed by atoms with Gasteiger partial charge in [0.15, 0.2) is 0 Å². The zero-order chi connectivity index (χ0) is 16.6. The summed E-state index contributed by atoms with van der Waals surface area (Å²) < 4.78 is 4.84. The van der Waals surface area contributed by atoms with E-state index in [-0.39, 0.29) is 17.7 Å². The van der Waals surface area contributed by atoms with Crippen LogP contribution in [0.2, 0.25) is 0 Å². The third kappa shape index (κ3) is 2.83. The summed E-state index contributed by atoms with van der Waals surface area (Å²) in [5.74, 6) is -1.42. The average molecular weight is 320 g/mol. The minimum absolute atomic E-state index is 0.0354. The molecule has 7 heteroatoms. The Balaban J connectivity index is 1.69. The Hall–Kier alpha value is -2.31. The number of aliphatic carboxylic acids is 1. The highest BCUT2D eigenvalue weighted by Crippen LogP contribution is 2.42. The second-order valence-corrected chi connectivity index (χ2v) is 6.34. The molecule has 4 unspecified atom stereocenters. The number of carboxylic acid groups (broad SMARTS) is 1. The molecule has 1 aliphatic carbocycles. The summed E-state index contributed by atoms with van der Waals surface area (Å²) in [6, 6.07) is -0.0475. The van der Waals surface area contributed by atoms with E-state index in [0.717, 1.165) is 19.3 Å². The van der Waals surface area contributed by atoms with Gasteiger partial charge in [0, 0.05) is 6.54 Å². The summed E-state index contributed by atoms with van der Waals surface area (Å²) in [5.41, 5.74) is 0.331. The topological polar surface area (TPSA) is 99.9 Å². The van der Waals surface area contributed by atoms with Crippen molar-refractivity contribution < 1.29 is 23.9 Å². The van der Waals surface area contributed by atoms with E-state index in [0.29, 0.717) is 12.1 Å². The number of carbonyl (C=O) groups is 3. The third-order valence-corrected chi connectivity index (χ3v) is 4.93. The quantitative estimate of drug-likeness (QED) is 0.865. The van der Waals surface area contributed by atoms with Crippen LogP contribution < -0.4 is 5.32 Å². The lowest BCUT2D eigenvalue weighted by molar-refractivity contribution is -0.150. The summed E-state index contributed by atoms with van der Waals surface area (Å²) in [6.07, 6.45) is 5.51. The van der Waals surface area contributed by atoms with Crippen LogP contribution in [-0.4, -0.2) is 46.4 Å². The molecule has 2 amide bonds. The molecule has 1 aliphatic heterocycles. The highest BCUT2D eigenvalue weighted by Gasteiger charge is 2.50. The number of hydrogen-bond donors (Lipinski definition) is 2. The van der Waals surface area contributed by atoms with Crippen LogP contribution in [0.1, 0.15) is 36.5 Å². The van der Waals surface area contributed by atoms with Crippen molar-refractivity contribution in [1.82, 2.24) is 10.2 Å². The Bertz CT molecular complexity index is 612. The van der Waals surface area contributed by atoms with E-state index in [1.807, 2.05) is 0 Å². The van der Waals surface area contributed by atoms with Gasteiger partial charge in [-0.15, -0.1) is 0 Å². The van der Waals surface area contributed by atoms with Crippen molar-refractivity contribution in [3.63, 3.8) is 0 Å². The first-order valence-electron chi connectivity index (χ1n) is 7.85. The van der Waals surface area contributed by atoms with Crippen LogP contribution in [0.4, 0.5) is 0 Å². The number of carbonyl (C=O) groups excluding carboxylic acids is 2. The van der Waals surface area contributed by atoms with Crippen molar-refractivity contribution in [2.24, 2.45) is 11.8 Å². The number of fused-ring (bicyclic) bond motifs is 1. The van der Waals surface area contributed by atoms with Gasteiger partial charge in [-0.3, -0.25) is 9.59 Å². The lowest BCUT2D eigenvalue weighted by Gasteiger charge is -2.27. The van der Waals surface area contributed by atoms with Crippen molar-refractivity contribution in [2.75, 3.05) is 6.54 Å². The Morgan fingerprint density at radius 3 is 2.83 bits per heavy atom. The maximum atomic E-state index is 12.6.